The summed E-state index contributed by atoms with van der Waals surface area (Å²) in [6.45, 7) is 0.382. The first kappa shape index (κ1) is 20.5. The number of pyridine rings is 2. The Bertz CT molecular complexity index is 1460. The Labute approximate surface area is 190 Å². The maximum absolute atomic E-state index is 13.1. The molecule has 1 amide bonds. The molecular formula is C26H22N4O3. The highest BCUT2D eigenvalue weighted by molar-refractivity contribution is 6.13. The van der Waals surface area contributed by atoms with Crippen molar-refractivity contribution in [1.29, 1.82) is 0 Å². The van der Waals surface area contributed by atoms with Gasteiger partial charge in [0.05, 0.1) is 25.4 Å². The number of carbonyl (C=O) groups is 1. The number of H-pyrrole nitrogens is 1. The normalized spacial score (nSPS) is 11.0. The zero-order valence-corrected chi connectivity index (χ0v) is 18.3. The number of fused-ring (bicyclic) bond motifs is 3. The van der Waals surface area contributed by atoms with Gasteiger partial charge in [-0.3, -0.25) is 9.78 Å². The Morgan fingerprint density at radius 1 is 0.970 bits per heavy atom. The van der Waals surface area contributed by atoms with E-state index in [2.05, 4.69) is 15.3 Å². The lowest BCUT2D eigenvalue weighted by Crippen LogP contribution is -2.24. The molecule has 3 heterocycles. The summed E-state index contributed by atoms with van der Waals surface area (Å²) in [5.41, 5.74) is 4.42. The largest absolute Gasteiger partial charge is 0.497 e. The second-order valence-corrected chi connectivity index (χ2v) is 7.55. The molecule has 0 aliphatic carbocycles. The number of methoxy groups -OCH3 is 2. The van der Waals surface area contributed by atoms with Crippen LogP contribution in [-0.4, -0.2) is 35.1 Å². The number of rotatable bonds is 6. The minimum absolute atomic E-state index is 0.262. The molecule has 3 aromatic heterocycles. The van der Waals surface area contributed by atoms with Gasteiger partial charge in [-0.1, -0.05) is 18.2 Å². The van der Waals surface area contributed by atoms with E-state index >= 15 is 0 Å². The number of para-hydroxylation sites is 1. The maximum atomic E-state index is 13.1. The Kier molecular flexibility index (Phi) is 5.36. The van der Waals surface area contributed by atoms with Gasteiger partial charge in [0.1, 0.15) is 17.2 Å². The molecule has 0 aliphatic rings. The topological polar surface area (TPSA) is 89.1 Å². The number of nitrogens with zero attached hydrogens (tertiary/aromatic N) is 2. The number of hydrogen-bond acceptors (Lipinski definition) is 5. The monoisotopic (exact) mass is 438 g/mol. The molecule has 0 aliphatic heterocycles. The van der Waals surface area contributed by atoms with Gasteiger partial charge in [-0.15, -0.1) is 0 Å². The third kappa shape index (κ3) is 3.85. The highest BCUT2D eigenvalue weighted by atomic mass is 16.5. The van der Waals surface area contributed by atoms with Crippen LogP contribution in [0.1, 0.15) is 16.1 Å². The molecule has 7 heteroatoms. The van der Waals surface area contributed by atoms with Crippen LogP contribution in [0.4, 0.5) is 0 Å². The van der Waals surface area contributed by atoms with Gasteiger partial charge in [0.2, 0.25) is 0 Å². The zero-order chi connectivity index (χ0) is 22.8. The molecular weight excluding hydrogens is 416 g/mol. The summed E-state index contributed by atoms with van der Waals surface area (Å²) in [7, 11) is 3.22. The second kappa shape index (κ2) is 8.63. The van der Waals surface area contributed by atoms with Gasteiger partial charge in [-0.2, -0.15) is 0 Å². The molecule has 0 saturated heterocycles. The lowest BCUT2D eigenvalue weighted by atomic mass is 10.0. The molecule has 0 radical (unpaired) electrons. The molecule has 164 valence electrons. The van der Waals surface area contributed by atoms with Crippen LogP contribution in [0.3, 0.4) is 0 Å². The molecule has 0 bridgehead atoms. The molecule has 5 aromatic rings. The molecule has 2 aromatic carbocycles. The van der Waals surface area contributed by atoms with Crippen molar-refractivity contribution in [3.63, 3.8) is 0 Å². The summed E-state index contributed by atoms with van der Waals surface area (Å²) < 4.78 is 11.0. The SMILES string of the molecule is COc1ccc(OC)c(-c2nc(C(=O)NCc3ccncc3)cc3c2[nH]c2ccccc23)c1. The lowest BCUT2D eigenvalue weighted by molar-refractivity contribution is 0.0946. The van der Waals surface area contributed by atoms with Gasteiger partial charge >= 0.3 is 0 Å². The van der Waals surface area contributed by atoms with E-state index in [9.17, 15) is 4.79 Å². The number of benzene rings is 2. The molecule has 0 atom stereocenters. The van der Waals surface area contributed by atoms with Crippen molar-refractivity contribution in [2.45, 2.75) is 6.54 Å². The van der Waals surface area contributed by atoms with Gasteiger partial charge in [-0.25, -0.2) is 4.98 Å². The van der Waals surface area contributed by atoms with E-state index in [0.717, 1.165) is 32.9 Å². The van der Waals surface area contributed by atoms with Gasteiger partial charge < -0.3 is 19.8 Å². The molecule has 7 nitrogen and oxygen atoms in total. The number of nitrogens with one attached hydrogen (secondary N) is 2. The number of carbonyl (C=O) groups excluding carboxylic acids is 1. The van der Waals surface area contributed by atoms with Crippen molar-refractivity contribution >= 4 is 27.7 Å². The van der Waals surface area contributed by atoms with Crippen LogP contribution < -0.4 is 14.8 Å². The average Bonchev–Trinajstić information content (AvgIpc) is 3.25. The molecule has 0 unspecified atom stereocenters. The Morgan fingerprint density at radius 2 is 1.79 bits per heavy atom. The molecule has 0 saturated carbocycles. The van der Waals surface area contributed by atoms with E-state index in [0.29, 0.717) is 29.4 Å². The lowest BCUT2D eigenvalue weighted by Gasteiger charge is -2.13. The summed E-state index contributed by atoms with van der Waals surface area (Å²) in [5, 5.41) is 4.88. The molecule has 0 fully saturated rings. The number of aromatic nitrogens is 3. The first-order chi connectivity index (χ1) is 16.2. The van der Waals surface area contributed by atoms with E-state index in [1.165, 1.54) is 0 Å². The van der Waals surface area contributed by atoms with Gasteiger partial charge in [0.15, 0.2) is 0 Å². The van der Waals surface area contributed by atoms with E-state index in [-0.39, 0.29) is 5.91 Å². The fourth-order valence-electron chi connectivity index (χ4n) is 3.93. The fraction of sp³-hybridized carbons (Fsp3) is 0.115. The van der Waals surface area contributed by atoms with Crippen LogP contribution in [0.25, 0.3) is 33.1 Å². The average molecular weight is 438 g/mol. The molecule has 0 spiro atoms. The zero-order valence-electron chi connectivity index (χ0n) is 18.3. The van der Waals surface area contributed by atoms with Gasteiger partial charge in [0.25, 0.3) is 5.91 Å². The summed E-state index contributed by atoms with van der Waals surface area (Å²) in [6.07, 6.45) is 3.40. The third-order valence-corrected chi connectivity index (χ3v) is 5.59. The van der Waals surface area contributed by atoms with Crippen LogP contribution >= 0.6 is 0 Å². The van der Waals surface area contributed by atoms with Crippen LogP contribution in [0.2, 0.25) is 0 Å². The van der Waals surface area contributed by atoms with Crippen molar-refractivity contribution < 1.29 is 14.3 Å². The van der Waals surface area contributed by atoms with Crippen molar-refractivity contribution in [3.05, 3.63) is 84.3 Å². The standard InChI is InChI=1S/C26H22N4O3/c1-32-17-7-8-23(33-2)20(13-17)25-24-19(18-5-3-4-6-21(18)29-24)14-22(30-25)26(31)28-15-16-9-11-27-12-10-16/h3-14,29H,15H2,1-2H3,(H,28,31). The van der Waals surface area contributed by atoms with Crippen molar-refractivity contribution in [2.24, 2.45) is 0 Å². The van der Waals surface area contributed by atoms with E-state index in [1.807, 2.05) is 60.7 Å². The summed E-state index contributed by atoms with van der Waals surface area (Å²) in [5.74, 6) is 1.05. The van der Waals surface area contributed by atoms with Crippen LogP contribution in [0.5, 0.6) is 11.5 Å². The van der Waals surface area contributed by atoms with Gasteiger partial charge in [0, 0.05) is 40.8 Å². The molecule has 5 rings (SSSR count). The number of hydrogen-bond donors (Lipinski definition) is 2. The molecule has 2 N–H and O–H groups in total. The van der Waals surface area contributed by atoms with E-state index < -0.39 is 0 Å². The number of ether oxygens (including phenoxy) is 2. The van der Waals surface area contributed by atoms with Crippen molar-refractivity contribution in [1.82, 2.24) is 20.3 Å². The van der Waals surface area contributed by atoms with E-state index in [4.69, 9.17) is 14.5 Å². The minimum atomic E-state index is -0.262. The predicted molar refractivity (Wildman–Crippen MR) is 128 cm³/mol. The highest BCUT2D eigenvalue weighted by Gasteiger charge is 2.20. The van der Waals surface area contributed by atoms with E-state index in [1.54, 1.807) is 26.6 Å². The first-order valence-electron chi connectivity index (χ1n) is 10.5. The van der Waals surface area contributed by atoms with Crippen LogP contribution in [-0.2, 0) is 6.54 Å². The van der Waals surface area contributed by atoms with Crippen LogP contribution in [0.15, 0.2) is 73.1 Å². The smallest absolute Gasteiger partial charge is 0.270 e. The Balaban J connectivity index is 1.67. The third-order valence-electron chi connectivity index (χ3n) is 5.59. The maximum Gasteiger partial charge on any atom is 0.270 e. The minimum Gasteiger partial charge on any atom is -0.497 e. The quantitative estimate of drug-likeness (QED) is 0.400. The summed E-state index contributed by atoms with van der Waals surface area (Å²) in [4.78, 5) is 25.4. The van der Waals surface area contributed by atoms with Crippen LogP contribution in [0, 0.1) is 0 Å². The fourth-order valence-corrected chi connectivity index (χ4v) is 3.93. The van der Waals surface area contributed by atoms with Gasteiger partial charge in [-0.05, 0) is 48.0 Å². The number of aromatic amines is 1. The second-order valence-electron chi connectivity index (χ2n) is 7.55. The molecule has 33 heavy (non-hydrogen) atoms. The Morgan fingerprint density at radius 3 is 2.58 bits per heavy atom. The number of amides is 1. The van der Waals surface area contributed by atoms with Crippen molar-refractivity contribution in [3.8, 4) is 22.8 Å². The Hall–Kier alpha value is -4.39. The highest BCUT2D eigenvalue weighted by Crippen LogP contribution is 2.38. The summed E-state index contributed by atoms with van der Waals surface area (Å²) >= 11 is 0. The predicted octanol–water partition coefficient (Wildman–Crippen LogP) is 4.73. The first-order valence-corrected chi connectivity index (χ1v) is 10.5. The van der Waals surface area contributed by atoms with Crippen molar-refractivity contribution in [2.75, 3.05) is 14.2 Å². The summed E-state index contributed by atoms with van der Waals surface area (Å²) in [6, 6.07) is 19.1.